The summed E-state index contributed by atoms with van der Waals surface area (Å²) in [5, 5.41) is 12.2. The van der Waals surface area contributed by atoms with Crippen LogP contribution >= 0.6 is 0 Å². The van der Waals surface area contributed by atoms with Gasteiger partial charge in [-0.25, -0.2) is 0 Å². The number of nitrogens with zero attached hydrogens (tertiary/aromatic N) is 1. The molecule has 0 aliphatic heterocycles. The van der Waals surface area contributed by atoms with Gasteiger partial charge in [-0.2, -0.15) is 5.26 Å². The molecule has 3 aromatic carbocycles. The molecule has 0 radical (unpaired) electrons. The molecular formula is C20H15N. The second-order valence-corrected chi connectivity index (χ2v) is 5.81. The fraction of sp³-hybridized carbons (Fsp3) is 0.150. The number of benzene rings is 3. The van der Waals surface area contributed by atoms with E-state index in [9.17, 15) is 5.26 Å². The van der Waals surface area contributed by atoms with Crippen molar-refractivity contribution in [3.8, 4) is 6.07 Å². The van der Waals surface area contributed by atoms with Crippen molar-refractivity contribution in [2.45, 2.75) is 17.8 Å². The molecule has 0 bridgehead atoms. The molecule has 1 nitrogen and oxygen atoms in total. The van der Waals surface area contributed by atoms with E-state index in [2.05, 4.69) is 60.7 Å². The predicted octanol–water partition coefficient (Wildman–Crippen LogP) is 4.79. The Bertz CT molecular complexity index is 844. The number of nitriles is 1. The molecule has 0 unspecified atom stereocenters. The molecule has 0 N–H and O–H groups in total. The van der Waals surface area contributed by atoms with Crippen LogP contribution in [0.3, 0.4) is 0 Å². The fourth-order valence-electron chi connectivity index (χ4n) is 3.33. The van der Waals surface area contributed by atoms with Gasteiger partial charge in [0.05, 0.1) is 11.5 Å². The van der Waals surface area contributed by atoms with Crippen molar-refractivity contribution >= 4 is 10.8 Å². The Kier molecular flexibility index (Phi) is 2.59. The highest BCUT2D eigenvalue weighted by Gasteiger charge is 2.56. The molecule has 1 saturated carbocycles. The summed E-state index contributed by atoms with van der Waals surface area (Å²) in [6, 6.07) is 27.7. The highest BCUT2D eigenvalue weighted by molar-refractivity contribution is 5.83. The third kappa shape index (κ3) is 1.84. The van der Waals surface area contributed by atoms with Gasteiger partial charge in [0.25, 0.3) is 0 Å². The SMILES string of the molecule is N#C[C@]1(c2ccccc2)C[C@@H]1c1ccc2ccccc2c1. The molecule has 1 aliphatic carbocycles. The molecular weight excluding hydrogens is 254 g/mol. The molecule has 100 valence electrons. The summed E-state index contributed by atoms with van der Waals surface area (Å²) in [6.45, 7) is 0. The maximum absolute atomic E-state index is 9.70. The van der Waals surface area contributed by atoms with Crippen LogP contribution in [0.25, 0.3) is 10.8 Å². The van der Waals surface area contributed by atoms with Crippen LogP contribution in [0.5, 0.6) is 0 Å². The number of fused-ring (bicyclic) bond motifs is 1. The first-order valence-corrected chi connectivity index (χ1v) is 7.29. The summed E-state index contributed by atoms with van der Waals surface area (Å²) in [5.41, 5.74) is 2.09. The normalized spacial score (nSPS) is 23.7. The highest BCUT2D eigenvalue weighted by Crippen LogP contribution is 2.60. The largest absolute Gasteiger partial charge is 0.197 e. The van der Waals surface area contributed by atoms with Crippen molar-refractivity contribution in [2.75, 3.05) is 0 Å². The van der Waals surface area contributed by atoms with Gasteiger partial charge >= 0.3 is 0 Å². The van der Waals surface area contributed by atoms with E-state index in [4.69, 9.17) is 0 Å². The second kappa shape index (κ2) is 4.46. The second-order valence-electron chi connectivity index (χ2n) is 5.81. The van der Waals surface area contributed by atoms with Crippen LogP contribution in [0, 0.1) is 11.3 Å². The minimum atomic E-state index is -0.330. The standard InChI is InChI=1S/C20H15N/c21-14-20(18-8-2-1-3-9-18)13-19(20)17-11-10-15-6-4-5-7-16(15)12-17/h1-12,19H,13H2/t19-,20+/m1/s1. The molecule has 4 rings (SSSR count). The van der Waals surface area contributed by atoms with Crippen molar-refractivity contribution in [3.05, 3.63) is 83.9 Å². The van der Waals surface area contributed by atoms with Gasteiger partial charge < -0.3 is 0 Å². The van der Waals surface area contributed by atoms with Crippen molar-refractivity contribution < 1.29 is 0 Å². The van der Waals surface area contributed by atoms with Gasteiger partial charge in [-0.3, -0.25) is 0 Å². The Balaban J connectivity index is 1.76. The van der Waals surface area contributed by atoms with E-state index in [1.807, 2.05) is 18.2 Å². The first-order valence-electron chi connectivity index (χ1n) is 7.29. The first kappa shape index (κ1) is 12.2. The van der Waals surface area contributed by atoms with Crippen LogP contribution in [0.2, 0.25) is 0 Å². The summed E-state index contributed by atoms with van der Waals surface area (Å²) >= 11 is 0. The molecule has 2 atom stereocenters. The quantitative estimate of drug-likeness (QED) is 0.656. The third-order valence-corrected chi connectivity index (χ3v) is 4.63. The summed E-state index contributed by atoms with van der Waals surface area (Å²) < 4.78 is 0. The lowest BCUT2D eigenvalue weighted by molar-refractivity contribution is 0.857. The zero-order chi connectivity index (χ0) is 14.3. The van der Waals surface area contributed by atoms with Gasteiger partial charge in [-0.1, -0.05) is 72.8 Å². The van der Waals surface area contributed by atoms with Gasteiger partial charge in [-0.05, 0) is 28.3 Å². The molecule has 1 heteroatoms. The Labute approximate surface area is 124 Å². The number of hydrogen-bond donors (Lipinski definition) is 0. The van der Waals surface area contributed by atoms with E-state index in [1.165, 1.54) is 16.3 Å². The average Bonchev–Trinajstić information content (AvgIpc) is 3.31. The van der Waals surface area contributed by atoms with E-state index in [-0.39, 0.29) is 5.41 Å². The van der Waals surface area contributed by atoms with Crippen molar-refractivity contribution in [2.24, 2.45) is 0 Å². The molecule has 3 aromatic rings. The Morgan fingerprint density at radius 2 is 1.57 bits per heavy atom. The third-order valence-electron chi connectivity index (χ3n) is 4.63. The van der Waals surface area contributed by atoms with Gasteiger partial charge in [0, 0.05) is 5.92 Å². The van der Waals surface area contributed by atoms with E-state index >= 15 is 0 Å². The zero-order valence-corrected chi connectivity index (χ0v) is 11.7. The number of hydrogen-bond acceptors (Lipinski definition) is 1. The van der Waals surface area contributed by atoms with E-state index < -0.39 is 0 Å². The van der Waals surface area contributed by atoms with Gasteiger partial charge in [-0.15, -0.1) is 0 Å². The van der Waals surface area contributed by atoms with Crippen molar-refractivity contribution in [3.63, 3.8) is 0 Å². The molecule has 0 aromatic heterocycles. The van der Waals surface area contributed by atoms with Crippen molar-refractivity contribution in [1.29, 1.82) is 5.26 Å². The fourth-order valence-corrected chi connectivity index (χ4v) is 3.33. The topological polar surface area (TPSA) is 23.8 Å². The molecule has 0 saturated heterocycles. The number of rotatable bonds is 2. The lowest BCUT2D eigenvalue weighted by Crippen LogP contribution is -2.06. The summed E-state index contributed by atoms with van der Waals surface area (Å²) in [5.74, 6) is 0.314. The Morgan fingerprint density at radius 3 is 2.33 bits per heavy atom. The maximum Gasteiger partial charge on any atom is 0.0897 e. The smallest absolute Gasteiger partial charge is 0.0897 e. The van der Waals surface area contributed by atoms with Gasteiger partial charge in [0.1, 0.15) is 0 Å². The van der Waals surface area contributed by atoms with Crippen LogP contribution in [-0.2, 0) is 5.41 Å². The molecule has 1 fully saturated rings. The van der Waals surface area contributed by atoms with Crippen LogP contribution in [0.4, 0.5) is 0 Å². The lowest BCUT2D eigenvalue weighted by atomic mass is 9.91. The zero-order valence-electron chi connectivity index (χ0n) is 11.7. The van der Waals surface area contributed by atoms with Crippen LogP contribution < -0.4 is 0 Å². The molecule has 0 spiro atoms. The molecule has 21 heavy (non-hydrogen) atoms. The summed E-state index contributed by atoms with van der Waals surface area (Å²) in [6.07, 6.45) is 0.922. The average molecular weight is 269 g/mol. The van der Waals surface area contributed by atoms with E-state index in [0.29, 0.717) is 5.92 Å². The van der Waals surface area contributed by atoms with Crippen LogP contribution in [0.15, 0.2) is 72.8 Å². The lowest BCUT2D eigenvalue weighted by Gasteiger charge is -2.10. The molecule has 0 amide bonds. The Morgan fingerprint density at radius 1 is 0.857 bits per heavy atom. The Hall–Kier alpha value is -2.59. The monoisotopic (exact) mass is 269 g/mol. The van der Waals surface area contributed by atoms with Crippen molar-refractivity contribution in [1.82, 2.24) is 0 Å². The van der Waals surface area contributed by atoms with Gasteiger partial charge in [0.2, 0.25) is 0 Å². The maximum atomic E-state index is 9.70. The van der Waals surface area contributed by atoms with Crippen LogP contribution in [-0.4, -0.2) is 0 Å². The molecule has 0 heterocycles. The highest BCUT2D eigenvalue weighted by atomic mass is 14.6. The predicted molar refractivity (Wildman–Crippen MR) is 85.0 cm³/mol. The first-order chi connectivity index (χ1) is 10.3. The van der Waals surface area contributed by atoms with E-state index in [1.54, 1.807) is 0 Å². The minimum absolute atomic E-state index is 0.314. The van der Waals surface area contributed by atoms with Crippen LogP contribution in [0.1, 0.15) is 23.5 Å². The molecule has 1 aliphatic rings. The van der Waals surface area contributed by atoms with Gasteiger partial charge in [0.15, 0.2) is 0 Å². The summed E-state index contributed by atoms with van der Waals surface area (Å²) in [4.78, 5) is 0. The summed E-state index contributed by atoms with van der Waals surface area (Å²) in [7, 11) is 0. The van der Waals surface area contributed by atoms with E-state index in [0.717, 1.165) is 12.0 Å². The minimum Gasteiger partial charge on any atom is -0.197 e.